The Morgan fingerprint density at radius 3 is 2.56 bits per heavy atom. The smallest absolute Gasteiger partial charge is 0.255 e. The van der Waals surface area contributed by atoms with E-state index in [2.05, 4.69) is 0 Å². The topological polar surface area (TPSA) is 46.3 Å². The van der Waals surface area contributed by atoms with Crippen molar-refractivity contribution in [3.05, 3.63) is 29.8 Å². The number of amides is 1. The molecule has 0 radical (unpaired) electrons. The molecular formula is C13H18N2O. The third kappa shape index (κ3) is 2.03. The molecule has 0 aromatic heterocycles. The number of nitrogen functional groups attached to an aromatic ring is 1. The molecule has 0 saturated heterocycles. The maximum Gasteiger partial charge on any atom is 0.255 e. The largest absolute Gasteiger partial charge is 0.398 e. The maximum absolute atomic E-state index is 12.2. The normalized spacial score (nSPS) is 16.3. The van der Waals surface area contributed by atoms with Crippen LogP contribution in [0.5, 0.6) is 0 Å². The zero-order valence-electron chi connectivity index (χ0n) is 9.65. The Hall–Kier alpha value is -1.51. The van der Waals surface area contributed by atoms with Crippen LogP contribution in [0.3, 0.4) is 0 Å². The van der Waals surface area contributed by atoms with Gasteiger partial charge >= 0.3 is 0 Å². The van der Waals surface area contributed by atoms with E-state index < -0.39 is 0 Å². The van der Waals surface area contributed by atoms with Crippen LogP contribution >= 0.6 is 0 Å². The van der Waals surface area contributed by atoms with E-state index >= 15 is 0 Å². The monoisotopic (exact) mass is 218 g/mol. The predicted octanol–water partition coefficient (Wildman–Crippen LogP) is 2.28. The molecule has 0 unspecified atom stereocenters. The number of nitrogens with two attached hydrogens (primary N) is 1. The molecule has 2 rings (SSSR count). The number of anilines is 1. The lowest BCUT2D eigenvalue weighted by atomic mass is 10.1. The average Bonchev–Trinajstić information content (AvgIpc) is 2.81. The number of benzene rings is 1. The Labute approximate surface area is 96.2 Å². The number of para-hydroxylation sites is 1. The summed E-state index contributed by atoms with van der Waals surface area (Å²) in [6.45, 7) is 0. The van der Waals surface area contributed by atoms with Gasteiger partial charge in [-0.05, 0) is 25.0 Å². The minimum Gasteiger partial charge on any atom is -0.398 e. The Kier molecular flexibility index (Phi) is 3.13. The molecule has 0 atom stereocenters. The van der Waals surface area contributed by atoms with Crippen LogP contribution in [-0.4, -0.2) is 23.9 Å². The van der Waals surface area contributed by atoms with Gasteiger partial charge in [0.1, 0.15) is 0 Å². The van der Waals surface area contributed by atoms with E-state index in [1.165, 1.54) is 12.8 Å². The van der Waals surface area contributed by atoms with Crippen LogP contribution in [0.4, 0.5) is 5.69 Å². The zero-order chi connectivity index (χ0) is 11.5. The van der Waals surface area contributed by atoms with Crippen LogP contribution in [0.1, 0.15) is 36.0 Å². The van der Waals surface area contributed by atoms with Gasteiger partial charge in [0, 0.05) is 18.8 Å². The zero-order valence-corrected chi connectivity index (χ0v) is 9.65. The molecular weight excluding hydrogens is 200 g/mol. The lowest BCUT2D eigenvalue weighted by Crippen LogP contribution is -2.35. The Morgan fingerprint density at radius 2 is 1.94 bits per heavy atom. The summed E-state index contributed by atoms with van der Waals surface area (Å²) >= 11 is 0. The highest BCUT2D eigenvalue weighted by Crippen LogP contribution is 2.24. The summed E-state index contributed by atoms with van der Waals surface area (Å²) in [5.74, 6) is 0.0463. The van der Waals surface area contributed by atoms with Crippen molar-refractivity contribution in [1.82, 2.24) is 4.90 Å². The molecule has 2 N–H and O–H groups in total. The first-order valence-corrected chi connectivity index (χ1v) is 5.82. The second-order valence-corrected chi connectivity index (χ2v) is 4.44. The summed E-state index contributed by atoms with van der Waals surface area (Å²) in [6.07, 6.45) is 4.70. The summed E-state index contributed by atoms with van der Waals surface area (Å²) in [5.41, 5.74) is 7.00. The summed E-state index contributed by atoms with van der Waals surface area (Å²) in [7, 11) is 1.88. The lowest BCUT2D eigenvalue weighted by molar-refractivity contribution is 0.0736. The SMILES string of the molecule is CN(C(=O)c1ccccc1N)C1CCCC1. The van der Waals surface area contributed by atoms with Gasteiger partial charge in [-0.1, -0.05) is 25.0 Å². The molecule has 0 spiro atoms. The minimum atomic E-state index is 0.0463. The number of hydrogen-bond acceptors (Lipinski definition) is 2. The van der Waals surface area contributed by atoms with Crippen LogP contribution in [0.15, 0.2) is 24.3 Å². The highest BCUT2D eigenvalue weighted by molar-refractivity contribution is 5.99. The first kappa shape index (κ1) is 11.0. The van der Waals surface area contributed by atoms with Crippen molar-refractivity contribution in [1.29, 1.82) is 0 Å². The van der Waals surface area contributed by atoms with E-state index in [0.717, 1.165) is 12.8 Å². The molecule has 0 bridgehead atoms. The predicted molar refractivity (Wildman–Crippen MR) is 65.2 cm³/mol. The maximum atomic E-state index is 12.2. The Morgan fingerprint density at radius 1 is 1.31 bits per heavy atom. The molecule has 1 aliphatic rings. The highest BCUT2D eigenvalue weighted by Gasteiger charge is 2.24. The Bertz CT molecular complexity index is 383. The van der Waals surface area contributed by atoms with Crippen LogP contribution in [0.25, 0.3) is 0 Å². The van der Waals surface area contributed by atoms with Gasteiger partial charge in [0.25, 0.3) is 5.91 Å². The summed E-state index contributed by atoms with van der Waals surface area (Å²) in [4.78, 5) is 14.0. The number of carbonyl (C=O) groups is 1. The van der Waals surface area contributed by atoms with E-state index in [4.69, 9.17) is 5.73 Å². The lowest BCUT2D eigenvalue weighted by Gasteiger charge is -2.24. The van der Waals surface area contributed by atoms with E-state index in [1.807, 2.05) is 24.1 Å². The molecule has 1 aliphatic carbocycles. The van der Waals surface area contributed by atoms with Crippen molar-refractivity contribution < 1.29 is 4.79 Å². The van der Waals surface area contributed by atoms with Crippen LogP contribution in [-0.2, 0) is 0 Å². The fourth-order valence-electron chi connectivity index (χ4n) is 2.34. The van der Waals surface area contributed by atoms with Crippen molar-refractivity contribution >= 4 is 11.6 Å². The van der Waals surface area contributed by atoms with E-state index in [9.17, 15) is 4.79 Å². The third-order valence-corrected chi connectivity index (χ3v) is 3.38. The molecule has 86 valence electrons. The molecule has 1 aromatic rings. The number of rotatable bonds is 2. The molecule has 16 heavy (non-hydrogen) atoms. The number of nitrogens with zero attached hydrogens (tertiary/aromatic N) is 1. The second-order valence-electron chi connectivity index (χ2n) is 4.44. The van der Waals surface area contributed by atoms with E-state index in [1.54, 1.807) is 12.1 Å². The fourth-order valence-corrected chi connectivity index (χ4v) is 2.34. The molecule has 0 heterocycles. The van der Waals surface area contributed by atoms with Crippen LogP contribution < -0.4 is 5.73 Å². The molecule has 0 aliphatic heterocycles. The first-order valence-electron chi connectivity index (χ1n) is 5.82. The van der Waals surface area contributed by atoms with Gasteiger partial charge in [-0.15, -0.1) is 0 Å². The number of carbonyl (C=O) groups excluding carboxylic acids is 1. The van der Waals surface area contributed by atoms with Gasteiger partial charge in [0.15, 0.2) is 0 Å². The van der Waals surface area contributed by atoms with Gasteiger partial charge in [0.2, 0.25) is 0 Å². The quantitative estimate of drug-likeness (QED) is 0.774. The average molecular weight is 218 g/mol. The van der Waals surface area contributed by atoms with E-state index in [0.29, 0.717) is 17.3 Å². The highest BCUT2D eigenvalue weighted by atomic mass is 16.2. The third-order valence-electron chi connectivity index (χ3n) is 3.38. The molecule has 1 saturated carbocycles. The van der Waals surface area contributed by atoms with Gasteiger partial charge in [-0.25, -0.2) is 0 Å². The standard InChI is InChI=1S/C13H18N2O/c1-15(10-6-2-3-7-10)13(16)11-8-4-5-9-12(11)14/h4-5,8-10H,2-3,6-7,14H2,1H3. The van der Waals surface area contributed by atoms with Gasteiger partial charge in [0.05, 0.1) is 5.56 Å². The van der Waals surface area contributed by atoms with Crippen molar-refractivity contribution in [2.45, 2.75) is 31.7 Å². The fraction of sp³-hybridized carbons (Fsp3) is 0.462. The summed E-state index contributed by atoms with van der Waals surface area (Å²) in [5, 5.41) is 0. The van der Waals surface area contributed by atoms with Crippen molar-refractivity contribution in [2.75, 3.05) is 12.8 Å². The minimum absolute atomic E-state index is 0.0463. The second kappa shape index (κ2) is 4.56. The summed E-state index contributed by atoms with van der Waals surface area (Å²) < 4.78 is 0. The molecule has 3 nitrogen and oxygen atoms in total. The van der Waals surface area contributed by atoms with Gasteiger partial charge in [-0.2, -0.15) is 0 Å². The van der Waals surface area contributed by atoms with Gasteiger partial charge < -0.3 is 10.6 Å². The van der Waals surface area contributed by atoms with E-state index in [-0.39, 0.29) is 5.91 Å². The van der Waals surface area contributed by atoms with Crippen LogP contribution in [0, 0.1) is 0 Å². The van der Waals surface area contributed by atoms with Crippen molar-refractivity contribution in [3.8, 4) is 0 Å². The molecule has 1 aromatic carbocycles. The van der Waals surface area contributed by atoms with Crippen LogP contribution in [0.2, 0.25) is 0 Å². The summed E-state index contributed by atoms with van der Waals surface area (Å²) in [6, 6.07) is 7.67. The van der Waals surface area contributed by atoms with Crippen molar-refractivity contribution in [3.63, 3.8) is 0 Å². The Balaban J connectivity index is 2.15. The molecule has 1 amide bonds. The molecule has 3 heteroatoms. The van der Waals surface area contributed by atoms with Gasteiger partial charge in [-0.3, -0.25) is 4.79 Å². The first-order chi connectivity index (χ1) is 7.70. The number of hydrogen-bond donors (Lipinski definition) is 1. The van der Waals surface area contributed by atoms with Crippen molar-refractivity contribution in [2.24, 2.45) is 0 Å². The molecule has 1 fully saturated rings.